The first-order chi connectivity index (χ1) is 9.11. The van der Waals surface area contributed by atoms with Crippen LogP contribution in [0.3, 0.4) is 0 Å². The van der Waals surface area contributed by atoms with Gasteiger partial charge in [0.1, 0.15) is 5.82 Å². The van der Waals surface area contributed by atoms with E-state index in [0.717, 1.165) is 4.90 Å². The van der Waals surface area contributed by atoms with Gasteiger partial charge < -0.3 is 5.32 Å². The summed E-state index contributed by atoms with van der Waals surface area (Å²) < 4.78 is 13.0. The SMILES string of the molecule is CSc1ccccc1C(=O)Nc1ccc(F)c(Cl)c1. The number of hydrogen-bond acceptors (Lipinski definition) is 2. The molecule has 19 heavy (non-hydrogen) atoms. The molecule has 0 fully saturated rings. The third kappa shape index (κ3) is 3.28. The Balaban J connectivity index is 2.23. The van der Waals surface area contributed by atoms with E-state index in [4.69, 9.17) is 11.6 Å². The van der Waals surface area contributed by atoms with Gasteiger partial charge in [-0.15, -0.1) is 11.8 Å². The van der Waals surface area contributed by atoms with Crippen LogP contribution >= 0.6 is 23.4 Å². The Bertz CT molecular complexity index is 618. The lowest BCUT2D eigenvalue weighted by Crippen LogP contribution is -2.12. The summed E-state index contributed by atoms with van der Waals surface area (Å²) in [7, 11) is 0. The van der Waals surface area contributed by atoms with Crippen molar-refractivity contribution in [2.45, 2.75) is 4.90 Å². The van der Waals surface area contributed by atoms with E-state index in [-0.39, 0.29) is 10.9 Å². The minimum atomic E-state index is -0.510. The van der Waals surface area contributed by atoms with E-state index in [2.05, 4.69) is 5.32 Å². The second-order valence-corrected chi connectivity index (χ2v) is 5.04. The zero-order valence-corrected chi connectivity index (χ0v) is 11.7. The fraction of sp³-hybridized carbons (Fsp3) is 0.0714. The van der Waals surface area contributed by atoms with Crippen LogP contribution in [0.2, 0.25) is 5.02 Å². The molecule has 0 saturated carbocycles. The van der Waals surface area contributed by atoms with Crippen molar-refractivity contribution in [3.63, 3.8) is 0 Å². The average molecular weight is 296 g/mol. The molecule has 2 aromatic rings. The van der Waals surface area contributed by atoms with Gasteiger partial charge in [0.2, 0.25) is 0 Å². The number of nitrogens with one attached hydrogen (secondary N) is 1. The van der Waals surface area contributed by atoms with Gasteiger partial charge >= 0.3 is 0 Å². The highest BCUT2D eigenvalue weighted by atomic mass is 35.5. The summed E-state index contributed by atoms with van der Waals surface area (Å²) in [5.74, 6) is -0.753. The van der Waals surface area contributed by atoms with Crippen LogP contribution in [0.5, 0.6) is 0 Å². The van der Waals surface area contributed by atoms with E-state index >= 15 is 0 Å². The molecule has 0 aliphatic rings. The molecule has 0 saturated heterocycles. The van der Waals surface area contributed by atoms with Crippen LogP contribution in [0.25, 0.3) is 0 Å². The van der Waals surface area contributed by atoms with Crippen LogP contribution < -0.4 is 5.32 Å². The first-order valence-electron chi connectivity index (χ1n) is 5.51. The minimum Gasteiger partial charge on any atom is -0.322 e. The third-order valence-electron chi connectivity index (χ3n) is 2.53. The number of carbonyl (C=O) groups is 1. The number of anilines is 1. The zero-order valence-electron chi connectivity index (χ0n) is 10.1. The lowest BCUT2D eigenvalue weighted by atomic mass is 10.2. The maximum absolute atomic E-state index is 13.0. The van der Waals surface area contributed by atoms with Gasteiger partial charge in [-0.1, -0.05) is 23.7 Å². The molecular weight excluding hydrogens is 285 g/mol. The quantitative estimate of drug-likeness (QED) is 0.847. The fourth-order valence-electron chi connectivity index (χ4n) is 1.60. The van der Waals surface area contributed by atoms with Crippen molar-refractivity contribution in [1.82, 2.24) is 0 Å². The summed E-state index contributed by atoms with van der Waals surface area (Å²) in [4.78, 5) is 13.0. The molecule has 2 rings (SSSR count). The predicted molar refractivity (Wildman–Crippen MR) is 77.6 cm³/mol. The molecule has 1 amide bonds. The number of amides is 1. The summed E-state index contributed by atoms with van der Waals surface area (Å²) in [5.41, 5.74) is 1.04. The van der Waals surface area contributed by atoms with Crippen molar-refractivity contribution >= 4 is 35.0 Å². The molecule has 1 N–H and O–H groups in total. The standard InChI is InChI=1S/C14H11ClFNOS/c1-19-13-5-3-2-4-10(13)14(18)17-9-6-7-12(16)11(15)8-9/h2-8H,1H3,(H,17,18). The summed E-state index contributed by atoms with van der Waals surface area (Å²) in [5, 5.41) is 2.68. The topological polar surface area (TPSA) is 29.1 Å². The highest BCUT2D eigenvalue weighted by Crippen LogP contribution is 2.23. The molecule has 2 nitrogen and oxygen atoms in total. The van der Waals surface area contributed by atoms with Crippen LogP contribution in [0.1, 0.15) is 10.4 Å². The van der Waals surface area contributed by atoms with E-state index in [1.807, 2.05) is 18.4 Å². The molecule has 0 bridgehead atoms. The van der Waals surface area contributed by atoms with Crippen LogP contribution in [-0.4, -0.2) is 12.2 Å². The smallest absolute Gasteiger partial charge is 0.256 e. The Hall–Kier alpha value is -1.52. The van der Waals surface area contributed by atoms with E-state index in [1.165, 1.54) is 30.0 Å². The molecule has 0 aromatic heterocycles. The summed E-state index contributed by atoms with van der Waals surface area (Å²) in [6.07, 6.45) is 1.90. The van der Waals surface area contributed by atoms with E-state index < -0.39 is 5.82 Å². The van der Waals surface area contributed by atoms with Crippen LogP contribution in [0, 0.1) is 5.82 Å². The van der Waals surface area contributed by atoms with Crippen molar-refractivity contribution in [2.24, 2.45) is 0 Å². The predicted octanol–water partition coefficient (Wildman–Crippen LogP) is 4.45. The molecule has 0 spiro atoms. The molecule has 5 heteroatoms. The largest absolute Gasteiger partial charge is 0.322 e. The molecule has 0 radical (unpaired) electrons. The molecule has 0 aliphatic carbocycles. The highest BCUT2D eigenvalue weighted by molar-refractivity contribution is 7.98. The van der Waals surface area contributed by atoms with Gasteiger partial charge in [0.05, 0.1) is 10.6 Å². The van der Waals surface area contributed by atoms with Crippen molar-refractivity contribution in [1.29, 1.82) is 0 Å². The van der Waals surface area contributed by atoms with Crippen LogP contribution in [0.15, 0.2) is 47.4 Å². The Labute approximate surface area is 120 Å². The number of thioether (sulfide) groups is 1. The monoisotopic (exact) mass is 295 g/mol. The fourth-order valence-corrected chi connectivity index (χ4v) is 2.38. The van der Waals surface area contributed by atoms with Gasteiger partial charge in [-0.2, -0.15) is 0 Å². The summed E-state index contributed by atoms with van der Waals surface area (Å²) in [6.45, 7) is 0. The average Bonchev–Trinajstić information content (AvgIpc) is 2.43. The number of benzene rings is 2. The molecule has 0 atom stereocenters. The lowest BCUT2D eigenvalue weighted by Gasteiger charge is -2.08. The van der Waals surface area contributed by atoms with E-state index in [1.54, 1.807) is 12.1 Å². The molecule has 2 aromatic carbocycles. The number of hydrogen-bond donors (Lipinski definition) is 1. The maximum atomic E-state index is 13.0. The number of halogens is 2. The van der Waals surface area contributed by atoms with Gasteiger partial charge in [0.15, 0.2) is 0 Å². The van der Waals surface area contributed by atoms with Crippen molar-refractivity contribution in [3.05, 3.63) is 58.9 Å². The number of rotatable bonds is 3. The molecule has 0 heterocycles. The normalized spacial score (nSPS) is 10.3. The lowest BCUT2D eigenvalue weighted by molar-refractivity contribution is 0.102. The van der Waals surface area contributed by atoms with Crippen LogP contribution in [-0.2, 0) is 0 Å². The first-order valence-corrected chi connectivity index (χ1v) is 7.11. The Morgan fingerprint density at radius 1 is 1.26 bits per heavy atom. The van der Waals surface area contributed by atoms with Gasteiger partial charge in [-0.25, -0.2) is 4.39 Å². The van der Waals surface area contributed by atoms with Gasteiger partial charge in [0, 0.05) is 10.6 Å². The Kier molecular flexibility index (Phi) is 4.45. The van der Waals surface area contributed by atoms with E-state index in [9.17, 15) is 9.18 Å². The molecule has 0 unspecified atom stereocenters. The number of carbonyl (C=O) groups excluding carboxylic acids is 1. The summed E-state index contributed by atoms with van der Waals surface area (Å²) in [6, 6.07) is 11.4. The minimum absolute atomic E-state index is 0.0176. The van der Waals surface area contributed by atoms with Gasteiger partial charge in [-0.3, -0.25) is 4.79 Å². The highest BCUT2D eigenvalue weighted by Gasteiger charge is 2.11. The molecule has 0 aliphatic heterocycles. The van der Waals surface area contributed by atoms with Gasteiger partial charge in [-0.05, 0) is 36.6 Å². The van der Waals surface area contributed by atoms with Crippen molar-refractivity contribution in [2.75, 3.05) is 11.6 Å². The molecule has 98 valence electrons. The summed E-state index contributed by atoms with van der Waals surface area (Å²) >= 11 is 7.16. The van der Waals surface area contributed by atoms with Crippen molar-refractivity contribution < 1.29 is 9.18 Å². The maximum Gasteiger partial charge on any atom is 0.256 e. The Morgan fingerprint density at radius 3 is 2.68 bits per heavy atom. The zero-order chi connectivity index (χ0) is 13.8. The van der Waals surface area contributed by atoms with Gasteiger partial charge in [0.25, 0.3) is 5.91 Å². The second-order valence-electron chi connectivity index (χ2n) is 3.78. The van der Waals surface area contributed by atoms with Crippen LogP contribution in [0.4, 0.5) is 10.1 Å². The Morgan fingerprint density at radius 2 is 2.00 bits per heavy atom. The third-order valence-corrected chi connectivity index (χ3v) is 3.61. The van der Waals surface area contributed by atoms with Crippen molar-refractivity contribution in [3.8, 4) is 0 Å². The molecular formula is C14H11ClFNOS. The first kappa shape index (κ1) is 13.9. The van der Waals surface area contributed by atoms with E-state index in [0.29, 0.717) is 11.3 Å². The second kappa shape index (κ2) is 6.08.